The summed E-state index contributed by atoms with van der Waals surface area (Å²) < 4.78 is 75.1. The van der Waals surface area contributed by atoms with Gasteiger partial charge in [-0.15, -0.1) is 0 Å². The van der Waals surface area contributed by atoms with Crippen molar-refractivity contribution >= 4 is 17.3 Å². The van der Waals surface area contributed by atoms with Crippen LogP contribution in [0.5, 0.6) is 17.5 Å². The van der Waals surface area contributed by atoms with Gasteiger partial charge in [-0.2, -0.15) is 4.98 Å². The molecule has 1 aliphatic carbocycles. The van der Waals surface area contributed by atoms with Crippen molar-refractivity contribution in [3.05, 3.63) is 70.8 Å². The maximum absolute atomic E-state index is 14.9. The zero-order chi connectivity index (χ0) is 29.3. The number of ether oxygens (including phenoxy) is 3. The van der Waals surface area contributed by atoms with Gasteiger partial charge in [0.15, 0.2) is 29.0 Å². The number of carboxylic acid groups (broad SMARTS) is 1. The van der Waals surface area contributed by atoms with Crippen molar-refractivity contribution in [2.75, 3.05) is 31.5 Å². The van der Waals surface area contributed by atoms with Crippen LogP contribution in [0.3, 0.4) is 0 Å². The lowest BCUT2D eigenvalue weighted by Crippen LogP contribution is -2.52. The van der Waals surface area contributed by atoms with Crippen LogP contribution in [-0.4, -0.2) is 36.9 Å². The molecule has 41 heavy (non-hydrogen) atoms. The predicted molar refractivity (Wildman–Crippen MR) is 141 cm³/mol. The van der Waals surface area contributed by atoms with Crippen LogP contribution in [0, 0.1) is 35.1 Å². The van der Waals surface area contributed by atoms with E-state index >= 15 is 0 Å². The van der Waals surface area contributed by atoms with Crippen molar-refractivity contribution < 1.29 is 41.7 Å². The lowest BCUT2D eigenvalue weighted by molar-refractivity contribution is 0.0695. The number of aromatic nitrogens is 1. The molecule has 0 spiro atoms. The first-order valence-electron chi connectivity index (χ1n) is 13.2. The van der Waals surface area contributed by atoms with E-state index in [4.69, 9.17) is 19.3 Å². The molecular weight excluding hydrogens is 546 g/mol. The van der Waals surface area contributed by atoms with Crippen LogP contribution in [0.2, 0.25) is 0 Å². The Morgan fingerprint density at radius 3 is 2.10 bits per heavy atom. The van der Waals surface area contributed by atoms with Gasteiger partial charge in [0.1, 0.15) is 5.66 Å². The molecule has 1 fully saturated rings. The standard InChI is InChI=1S/C29H29F4N3O5/c1-39-25-9-8-17(27(34-25)40-2)29(35-23-12-19(30)20(31)13-24(23)36-29)18(15-6-4-3-5-7-15)14-41-26-21(32)10-16(28(37)38)11-22(26)33/h8-13,15,18,35-36H,3-7,14H2,1-2H3,(H,37,38). The zero-order valence-electron chi connectivity index (χ0n) is 22.4. The number of fused-ring (bicyclic) bond motifs is 1. The van der Waals surface area contributed by atoms with Gasteiger partial charge < -0.3 is 30.0 Å². The Labute approximate surface area is 233 Å². The van der Waals surface area contributed by atoms with Crippen LogP contribution in [0.1, 0.15) is 48.0 Å². The van der Waals surface area contributed by atoms with Crippen molar-refractivity contribution in [3.63, 3.8) is 0 Å². The van der Waals surface area contributed by atoms with E-state index in [-0.39, 0.29) is 35.7 Å². The van der Waals surface area contributed by atoms with Crippen LogP contribution < -0.4 is 24.8 Å². The molecule has 1 atom stereocenters. The number of nitrogens with zero attached hydrogens (tertiary/aromatic N) is 1. The molecule has 12 heteroatoms. The molecule has 1 aromatic heterocycles. The highest BCUT2D eigenvalue weighted by molar-refractivity contribution is 5.87. The summed E-state index contributed by atoms with van der Waals surface area (Å²) in [5.74, 6) is -6.88. The third kappa shape index (κ3) is 5.30. The summed E-state index contributed by atoms with van der Waals surface area (Å²) in [5.41, 5.74) is -0.903. The third-order valence-electron chi connectivity index (χ3n) is 7.81. The summed E-state index contributed by atoms with van der Waals surface area (Å²) in [4.78, 5) is 15.7. The van der Waals surface area contributed by atoms with Crippen molar-refractivity contribution in [2.24, 2.45) is 11.8 Å². The Morgan fingerprint density at radius 2 is 1.56 bits per heavy atom. The molecule has 5 rings (SSSR count). The number of pyridine rings is 1. The second-order valence-electron chi connectivity index (χ2n) is 10.2. The third-order valence-corrected chi connectivity index (χ3v) is 7.81. The number of carboxylic acids is 1. The van der Waals surface area contributed by atoms with Gasteiger partial charge in [-0.3, -0.25) is 0 Å². The van der Waals surface area contributed by atoms with Gasteiger partial charge in [0.2, 0.25) is 11.8 Å². The van der Waals surface area contributed by atoms with Gasteiger partial charge >= 0.3 is 5.97 Å². The number of aromatic carboxylic acids is 1. The molecule has 1 saturated carbocycles. The molecule has 0 radical (unpaired) electrons. The summed E-state index contributed by atoms with van der Waals surface area (Å²) in [6, 6.07) is 6.75. The first-order valence-corrected chi connectivity index (χ1v) is 13.2. The molecule has 2 aromatic carbocycles. The van der Waals surface area contributed by atoms with Gasteiger partial charge in [-0.05, 0) is 37.0 Å². The molecule has 0 bridgehead atoms. The number of hydrogen-bond acceptors (Lipinski definition) is 7. The summed E-state index contributed by atoms with van der Waals surface area (Å²) >= 11 is 0. The molecule has 2 aliphatic rings. The second-order valence-corrected chi connectivity index (χ2v) is 10.2. The van der Waals surface area contributed by atoms with Crippen molar-refractivity contribution in [1.29, 1.82) is 0 Å². The minimum atomic E-state index is -1.48. The molecule has 0 amide bonds. The number of hydrogen-bond donors (Lipinski definition) is 3. The minimum Gasteiger partial charge on any atom is -0.487 e. The largest absolute Gasteiger partial charge is 0.487 e. The van der Waals surface area contributed by atoms with Crippen molar-refractivity contribution in [3.8, 4) is 17.5 Å². The average Bonchev–Trinajstić information content (AvgIpc) is 3.33. The normalized spacial score (nSPS) is 16.7. The topological polar surface area (TPSA) is 102 Å². The van der Waals surface area contributed by atoms with E-state index in [0.29, 0.717) is 17.7 Å². The summed E-state index contributed by atoms with van der Waals surface area (Å²) in [5, 5.41) is 15.8. The summed E-state index contributed by atoms with van der Waals surface area (Å²) in [7, 11) is 2.86. The highest BCUT2D eigenvalue weighted by atomic mass is 19.2. The highest BCUT2D eigenvalue weighted by Crippen LogP contribution is 2.51. The quantitative estimate of drug-likeness (QED) is 0.255. The molecule has 2 heterocycles. The van der Waals surface area contributed by atoms with Gasteiger partial charge in [0, 0.05) is 24.1 Å². The number of benzene rings is 2. The molecule has 0 saturated heterocycles. The SMILES string of the molecule is COc1ccc(C2(C(COc3c(F)cc(C(=O)O)cc3F)C3CCCCC3)Nc3cc(F)c(F)cc3N2)c(OC)n1. The predicted octanol–water partition coefficient (Wildman–Crippen LogP) is 6.32. The van der Waals surface area contributed by atoms with Crippen LogP contribution in [0.25, 0.3) is 0 Å². The number of anilines is 2. The molecule has 3 aromatic rings. The van der Waals surface area contributed by atoms with Crippen LogP contribution >= 0.6 is 0 Å². The monoisotopic (exact) mass is 575 g/mol. The average molecular weight is 576 g/mol. The number of carbonyl (C=O) groups is 1. The summed E-state index contributed by atoms with van der Waals surface area (Å²) in [6.45, 7) is -0.251. The molecule has 8 nitrogen and oxygen atoms in total. The van der Waals surface area contributed by atoms with Gasteiger partial charge in [-0.1, -0.05) is 19.3 Å². The van der Waals surface area contributed by atoms with Gasteiger partial charge in [0.05, 0.1) is 43.3 Å². The van der Waals surface area contributed by atoms with Gasteiger partial charge in [-0.25, -0.2) is 22.4 Å². The van der Waals surface area contributed by atoms with E-state index < -0.39 is 52.1 Å². The van der Waals surface area contributed by atoms with E-state index in [1.165, 1.54) is 14.2 Å². The zero-order valence-corrected chi connectivity index (χ0v) is 22.4. The number of nitrogens with one attached hydrogen (secondary N) is 2. The molecule has 1 aliphatic heterocycles. The lowest BCUT2D eigenvalue weighted by atomic mass is 9.72. The lowest BCUT2D eigenvalue weighted by Gasteiger charge is -2.44. The van der Waals surface area contributed by atoms with Crippen LogP contribution in [0.15, 0.2) is 36.4 Å². The number of methoxy groups -OCH3 is 2. The minimum absolute atomic E-state index is 0.0658. The fourth-order valence-corrected chi connectivity index (χ4v) is 5.87. The second kappa shape index (κ2) is 11.3. The van der Waals surface area contributed by atoms with Crippen molar-refractivity contribution in [1.82, 2.24) is 4.98 Å². The van der Waals surface area contributed by atoms with E-state index in [1.54, 1.807) is 12.1 Å². The Bertz CT molecular complexity index is 1410. The fourth-order valence-electron chi connectivity index (χ4n) is 5.87. The van der Waals surface area contributed by atoms with Crippen LogP contribution in [-0.2, 0) is 5.66 Å². The first kappa shape index (κ1) is 28.3. The van der Waals surface area contributed by atoms with E-state index in [2.05, 4.69) is 15.6 Å². The maximum atomic E-state index is 14.9. The molecule has 218 valence electrons. The van der Waals surface area contributed by atoms with E-state index in [9.17, 15) is 22.4 Å². The Morgan fingerprint density at radius 1 is 0.951 bits per heavy atom. The highest BCUT2D eigenvalue weighted by Gasteiger charge is 2.51. The molecule has 3 N–H and O–H groups in total. The number of halogens is 4. The maximum Gasteiger partial charge on any atom is 0.335 e. The Balaban J connectivity index is 1.63. The van der Waals surface area contributed by atoms with Crippen LogP contribution in [0.4, 0.5) is 28.9 Å². The number of rotatable bonds is 9. The van der Waals surface area contributed by atoms with Crippen molar-refractivity contribution in [2.45, 2.75) is 37.8 Å². The van der Waals surface area contributed by atoms with E-state index in [1.807, 2.05) is 0 Å². The van der Waals surface area contributed by atoms with E-state index in [0.717, 1.165) is 44.2 Å². The smallest absolute Gasteiger partial charge is 0.335 e. The fraction of sp³-hybridized carbons (Fsp3) is 0.379. The Kier molecular flexibility index (Phi) is 7.83. The molecular formula is C29H29F4N3O5. The first-order chi connectivity index (χ1) is 19.7. The molecule has 1 unspecified atom stereocenters. The Hall–Kier alpha value is -4.22. The summed E-state index contributed by atoms with van der Waals surface area (Å²) in [6.07, 6.45) is 4.34. The van der Waals surface area contributed by atoms with Gasteiger partial charge in [0.25, 0.3) is 0 Å².